The first-order valence-electron chi connectivity index (χ1n) is 8.36. The summed E-state index contributed by atoms with van der Waals surface area (Å²) in [6.07, 6.45) is 0. The molecule has 0 saturated heterocycles. The second-order valence-electron chi connectivity index (χ2n) is 6.31. The van der Waals surface area contributed by atoms with Gasteiger partial charge in [-0.2, -0.15) is 0 Å². The number of hydrogen-bond donors (Lipinski definition) is 1. The lowest BCUT2D eigenvalue weighted by molar-refractivity contribution is -0.115. The van der Waals surface area contributed by atoms with Gasteiger partial charge in [-0.05, 0) is 56.5 Å². The number of thioether (sulfide) groups is 1. The summed E-state index contributed by atoms with van der Waals surface area (Å²) in [5, 5.41) is 4.86. The first-order valence-corrected chi connectivity index (χ1v) is 9.24. The van der Waals surface area contributed by atoms with Gasteiger partial charge in [0, 0.05) is 11.1 Å². The number of carbonyl (C=O) groups is 1. The summed E-state index contributed by atoms with van der Waals surface area (Å²) in [7, 11) is 0. The molecule has 3 rings (SSSR count). The zero-order valence-electron chi connectivity index (χ0n) is 15.0. The Morgan fingerprint density at radius 1 is 1.00 bits per heavy atom. The number of benzene rings is 2. The summed E-state index contributed by atoms with van der Waals surface area (Å²) in [5.41, 5.74) is 5.20. The van der Waals surface area contributed by atoms with Crippen LogP contribution in [0.2, 0.25) is 0 Å². The molecule has 0 bridgehead atoms. The lowest BCUT2D eigenvalue weighted by atomic mass is 10.1. The molecule has 1 heterocycles. The molecule has 0 saturated carbocycles. The Balaban J connectivity index is 1.78. The van der Waals surface area contributed by atoms with Crippen LogP contribution in [0.1, 0.15) is 23.6 Å². The van der Waals surface area contributed by atoms with E-state index >= 15 is 0 Å². The van der Waals surface area contributed by atoms with Crippen molar-refractivity contribution < 1.29 is 4.79 Å². The van der Waals surface area contributed by atoms with Crippen molar-refractivity contribution in [1.82, 2.24) is 4.98 Å². The molecule has 1 unspecified atom stereocenters. The molecule has 0 radical (unpaired) electrons. The molecule has 0 spiro atoms. The maximum Gasteiger partial charge on any atom is 0.237 e. The molecule has 0 aliphatic heterocycles. The van der Waals surface area contributed by atoms with E-state index in [4.69, 9.17) is 0 Å². The first-order chi connectivity index (χ1) is 12.0. The maximum atomic E-state index is 12.6. The Bertz CT molecular complexity index is 916. The van der Waals surface area contributed by atoms with E-state index in [1.807, 2.05) is 57.2 Å². The summed E-state index contributed by atoms with van der Waals surface area (Å²) in [5.74, 6) is -0.00462. The summed E-state index contributed by atoms with van der Waals surface area (Å²) in [4.78, 5) is 17.3. The lowest BCUT2D eigenvalue weighted by Gasteiger charge is -2.15. The van der Waals surface area contributed by atoms with Crippen molar-refractivity contribution in [2.24, 2.45) is 0 Å². The fraction of sp³-hybridized carbons (Fsp3) is 0.238. The van der Waals surface area contributed by atoms with Gasteiger partial charge in [0.25, 0.3) is 0 Å². The predicted molar refractivity (Wildman–Crippen MR) is 106 cm³/mol. The van der Waals surface area contributed by atoms with Gasteiger partial charge in [0.1, 0.15) is 0 Å². The second-order valence-corrected chi connectivity index (χ2v) is 7.67. The van der Waals surface area contributed by atoms with Crippen LogP contribution in [0.3, 0.4) is 0 Å². The number of nitrogens with zero attached hydrogens (tertiary/aromatic N) is 1. The molecule has 1 amide bonds. The van der Waals surface area contributed by atoms with Crippen molar-refractivity contribution in [3.05, 3.63) is 65.2 Å². The molecule has 0 aliphatic carbocycles. The Kier molecular flexibility index (Phi) is 5.09. The number of pyridine rings is 1. The number of nitrogens with one attached hydrogen (secondary N) is 1. The number of aromatic nitrogens is 1. The van der Waals surface area contributed by atoms with Crippen LogP contribution in [-0.2, 0) is 4.79 Å². The highest BCUT2D eigenvalue weighted by Crippen LogP contribution is 2.28. The quantitative estimate of drug-likeness (QED) is 0.651. The summed E-state index contributed by atoms with van der Waals surface area (Å²) >= 11 is 1.49. The molecule has 0 aliphatic rings. The first kappa shape index (κ1) is 17.5. The van der Waals surface area contributed by atoms with E-state index in [1.54, 1.807) is 0 Å². The zero-order chi connectivity index (χ0) is 18.0. The van der Waals surface area contributed by atoms with Crippen molar-refractivity contribution in [2.45, 2.75) is 38.0 Å². The summed E-state index contributed by atoms with van der Waals surface area (Å²) < 4.78 is 0. The van der Waals surface area contributed by atoms with Crippen LogP contribution in [0, 0.1) is 20.8 Å². The maximum absolute atomic E-state index is 12.6. The minimum absolute atomic E-state index is 0.00462. The van der Waals surface area contributed by atoms with Gasteiger partial charge in [0.15, 0.2) is 0 Å². The number of para-hydroxylation sites is 2. The van der Waals surface area contributed by atoms with Crippen LogP contribution in [0.15, 0.2) is 53.6 Å². The Morgan fingerprint density at radius 3 is 2.40 bits per heavy atom. The molecule has 1 aromatic heterocycles. The van der Waals surface area contributed by atoms with E-state index in [9.17, 15) is 4.79 Å². The third-order valence-corrected chi connectivity index (χ3v) is 5.31. The van der Waals surface area contributed by atoms with Crippen LogP contribution < -0.4 is 5.32 Å². The van der Waals surface area contributed by atoms with Crippen molar-refractivity contribution in [2.75, 3.05) is 5.32 Å². The van der Waals surface area contributed by atoms with Gasteiger partial charge >= 0.3 is 0 Å². The minimum Gasteiger partial charge on any atom is -0.325 e. The molecule has 3 nitrogen and oxygen atoms in total. The molecule has 2 aromatic carbocycles. The number of rotatable bonds is 4. The van der Waals surface area contributed by atoms with Gasteiger partial charge in [-0.15, -0.1) is 0 Å². The summed E-state index contributed by atoms with van der Waals surface area (Å²) in [6, 6.07) is 16.2. The average molecular weight is 350 g/mol. The molecule has 4 heteroatoms. The smallest absolute Gasteiger partial charge is 0.237 e. The number of anilines is 1. The molecule has 1 atom stereocenters. The van der Waals surface area contributed by atoms with Crippen LogP contribution in [0.25, 0.3) is 10.9 Å². The number of hydrogen-bond acceptors (Lipinski definition) is 3. The number of amides is 1. The molecule has 128 valence electrons. The third kappa shape index (κ3) is 3.85. The molecule has 0 fully saturated rings. The fourth-order valence-corrected chi connectivity index (χ4v) is 3.77. The van der Waals surface area contributed by atoms with E-state index < -0.39 is 0 Å². The zero-order valence-corrected chi connectivity index (χ0v) is 15.8. The summed E-state index contributed by atoms with van der Waals surface area (Å²) in [6.45, 7) is 8.01. The van der Waals surface area contributed by atoms with Gasteiger partial charge in [0.05, 0.1) is 15.8 Å². The van der Waals surface area contributed by atoms with Crippen molar-refractivity contribution in [3.8, 4) is 0 Å². The lowest BCUT2D eigenvalue weighted by Crippen LogP contribution is -2.23. The number of carbonyl (C=O) groups excluding carboxylic acids is 1. The largest absolute Gasteiger partial charge is 0.325 e. The highest BCUT2D eigenvalue weighted by Gasteiger charge is 2.17. The Hall–Kier alpha value is -2.33. The average Bonchev–Trinajstić information content (AvgIpc) is 2.58. The third-order valence-electron chi connectivity index (χ3n) is 4.30. The highest BCUT2D eigenvalue weighted by molar-refractivity contribution is 8.00. The topological polar surface area (TPSA) is 42.0 Å². The van der Waals surface area contributed by atoms with Crippen LogP contribution in [0.5, 0.6) is 0 Å². The second kappa shape index (κ2) is 7.28. The minimum atomic E-state index is -0.230. The van der Waals surface area contributed by atoms with Gasteiger partial charge in [-0.25, -0.2) is 4.98 Å². The van der Waals surface area contributed by atoms with Crippen LogP contribution >= 0.6 is 11.8 Å². The van der Waals surface area contributed by atoms with E-state index in [1.165, 1.54) is 17.3 Å². The van der Waals surface area contributed by atoms with Crippen LogP contribution in [0.4, 0.5) is 5.69 Å². The van der Waals surface area contributed by atoms with Crippen molar-refractivity contribution in [1.29, 1.82) is 0 Å². The normalized spacial score (nSPS) is 12.2. The Labute approximate surface area is 152 Å². The van der Waals surface area contributed by atoms with E-state index in [0.717, 1.165) is 32.7 Å². The molecular formula is C21H22N2OS. The molecule has 3 aromatic rings. The highest BCUT2D eigenvalue weighted by atomic mass is 32.2. The predicted octanol–water partition coefficient (Wildman–Crippen LogP) is 5.28. The van der Waals surface area contributed by atoms with Gasteiger partial charge < -0.3 is 5.32 Å². The van der Waals surface area contributed by atoms with Crippen molar-refractivity contribution in [3.63, 3.8) is 0 Å². The number of fused-ring (bicyclic) bond motifs is 1. The molecular weight excluding hydrogens is 328 g/mol. The molecule has 25 heavy (non-hydrogen) atoms. The van der Waals surface area contributed by atoms with Gasteiger partial charge in [-0.3, -0.25) is 4.79 Å². The van der Waals surface area contributed by atoms with E-state index in [-0.39, 0.29) is 11.2 Å². The van der Waals surface area contributed by atoms with Gasteiger partial charge in [0.2, 0.25) is 5.91 Å². The molecule has 1 N–H and O–H groups in total. The standard InChI is InChI=1S/C21H22N2OS/c1-13-8-7-9-14(2)20(13)23-21(24)16(4)25-19-12-15(3)17-10-5-6-11-18(17)22-19/h5-12,16H,1-4H3,(H,23,24). The fourth-order valence-electron chi connectivity index (χ4n) is 2.85. The van der Waals surface area contributed by atoms with Crippen LogP contribution in [-0.4, -0.2) is 16.1 Å². The van der Waals surface area contributed by atoms with E-state index in [0.29, 0.717) is 0 Å². The van der Waals surface area contributed by atoms with Crippen molar-refractivity contribution >= 4 is 34.3 Å². The SMILES string of the molecule is Cc1cccc(C)c1NC(=O)C(C)Sc1cc(C)c2ccccc2n1. The monoisotopic (exact) mass is 350 g/mol. The Morgan fingerprint density at radius 2 is 1.68 bits per heavy atom. The van der Waals surface area contributed by atoms with Gasteiger partial charge in [-0.1, -0.05) is 48.2 Å². The van der Waals surface area contributed by atoms with E-state index in [2.05, 4.69) is 29.4 Å². The number of aryl methyl sites for hydroxylation is 3.